The van der Waals surface area contributed by atoms with Gasteiger partial charge in [0.05, 0.1) is 0 Å². The van der Waals surface area contributed by atoms with E-state index in [-0.39, 0.29) is 0 Å². The van der Waals surface area contributed by atoms with Gasteiger partial charge in [-0.2, -0.15) is 0 Å². The normalized spacial score (nSPS) is 12.0. The summed E-state index contributed by atoms with van der Waals surface area (Å²) >= 11 is 0. The fraction of sp³-hybridized carbons (Fsp3) is 1.00. The van der Waals surface area contributed by atoms with Crippen LogP contribution in [0.25, 0.3) is 0 Å². The first-order chi connectivity index (χ1) is 2.56. The first-order valence-corrected chi connectivity index (χ1v) is 0.925. The Morgan fingerprint density at radius 3 is 1.33 bits per heavy atom. The third kappa shape index (κ3) is 3.68. The highest BCUT2D eigenvalue weighted by Gasteiger charge is 2.30. The van der Waals surface area contributed by atoms with E-state index in [1.165, 1.54) is 4.94 Å². The molecule has 0 aromatic carbocycles. The van der Waals surface area contributed by atoms with E-state index in [0.717, 1.165) is 0 Å². The van der Waals surface area contributed by atoms with E-state index in [2.05, 4.69) is 0 Å². The summed E-state index contributed by atoms with van der Waals surface area (Å²) in [7, 11) is 0. The Balaban J connectivity index is 3.17. The molecule has 0 aliphatic rings. The number of rotatable bonds is 0. The average Bonchev–Trinajstić information content (AvgIpc) is 1.35. The van der Waals surface area contributed by atoms with Gasteiger partial charge in [0.15, 0.2) is 0 Å². The Morgan fingerprint density at radius 2 is 1.33 bits per heavy atom. The lowest BCUT2D eigenvalue weighted by atomic mass is 11.4. The maximum Gasteiger partial charge on any atom is 0.553 e. The van der Waals surface area contributed by atoms with Crippen molar-refractivity contribution in [3.63, 3.8) is 0 Å². The lowest BCUT2D eigenvalue weighted by Gasteiger charge is -1.91. The molecule has 0 radical (unpaired) electrons. The molecule has 0 amide bonds. The van der Waals surface area contributed by atoms with E-state index in [0.29, 0.717) is 0 Å². The highest BCUT2D eigenvalue weighted by Crippen LogP contribution is 2.15. The van der Waals surface area contributed by atoms with Crippen LogP contribution in [0.2, 0.25) is 0 Å². The van der Waals surface area contributed by atoms with Gasteiger partial charge < -0.3 is 0 Å². The minimum absolute atomic E-state index is 1.44. The average molecular weight is 104 g/mol. The van der Waals surface area contributed by atoms with Gasteiger partial charge in [0.25, 0.3) is 0 Å². The van der Waals surface area contributed by atoms with Crippen LogP contribution in [-0.2, 0) is 4.94 Å². The lowest BCUT2D eigenvalue weighted by Crippen LogP contribution is -2.05. The Hall–Kier alpha value is -0.320. The smallest absolute Gasteiger partial charge is 0.142 e. The largest absolute Gasteiger partial charge is 0.553 e. The van der Waals surface area contributed by atoms with Crippen LogP contribution in [0.5, 0.6) is 0 Å². The van der Waals surface area contributed by atoms with Gasteiger partial charge in [0.2, 0.25) is 0 Å². The molecule has 0 saturated heterocycles. The van der Waals surface area contributed by atoms with Gasteiger partial charge in [-0.15, -0.1) is 13.2 Å². The van der Waals surface area contributed by atoms with Gasteiger partial charge in [-0.25, -0.2) is 0 Å². The summed E-state index contributed by atoms with van der Waals surface area (Å²) in [6.07, 6.45) is -5.12. The first-order valence-electron chi connectivity index (χ1n) is 0.925. The molecule has 6 heavy (non-hydrogen) atoms. The van der Waals surface area contributed by atoms with Crippen LogP contribution in [0.3, 0.4) is 0 Å². The number of hydrogen-bond acceptors (Lipinski definition) is 1. The number of alkyl halides is 3. The van der Waals surface area contributed by atoms with Crippen LogP contribution in [0.15, 0.2) is 0 Å². The molecule has 0 unspecified atom stereocenters. The van der Waals surface area contributed by atoms with Crippen molar-refractivity contribution in [3.8, 4) is 0 Å². The zero-order valence-corrected chi connectivity index (χ0v) is 2.42. The van der Waals surface area contributed by atoms with E-state index < -0.39 is 6.36 Å². The van der Waals surface area contributed by atoms with Crippen molar-refractivity contribution < 1.29 is 22.6 Å². The molecule has 0 saturated carbocycles. The van der Waals surface area contributed by atoms with Gasteiger partial charge in [-0.05, 0) is 4.53 Å². The monoisotopic (exact) mass is 104 g/mol. The molecular formula is CF4O. The Bertz CT molecular complexity index is 37.3. The van der Waals surface area contributed by atoms with E-state index in [1.54, 1.807) is 0 Å². The molecule has 0 aromatic rings. The van der Waals surface area contributed by atoms with Crippen LogP contribution in [0.1, 0.15) is 0 Å². The molecule has 0 rings (SSSR count). The lowest BCUT2D eigenvalue weighted by molar-refractivity contribution is -0.416. The van der Waals surface area contributed by atoms with Crippen molar-refractivity contribution in [2.24, 2.45) is 0 Å². The van der Waals surface area contributed by atoms with Crippen LogP contribution in [0.4, 0.5) is 17.7 Å². The van der Waals surface area contributed by atoms with Crippen LogP contribution < -0.4 is 0 Å². The maximum atomic E-state index is 10.2. The summed E-state index contributed by atoms with van der Waals surface area (Å²) in [5.41, 5.74) is 0. The second-order valence-corrected chi connectivity index (χ2v) is 0.523. The van der Waals surface area contributed by atoms with E-state index >= 15 is 0 Å². The Labute approximate surface area is 30.4 Å². The molecule has 0 fully saturated rings. The predicted octanol–water partition coefficient (Wildman–Crippen LogP) is 1.41. The van der Waals surface area contributed by atoms with Crippen LogP contribution in [0, 0.1) is 0 Å². The minimum atomic E-state index is -5.12. The second-order valence-electron chi connectivity index (χ2n) is 0.523. The molecule has 1 nitrogen and oxygen atoms in total. The zero-order valence-electron chi connectivity index (χ0n) is 2.42. The molecule has 0 aliphatic heterocycles. The maximum absolute atomic E-state index is 10.2. The standard InChI is InChI=1S/CF4O/c2-1(3,4)6-5. The van der Waals surface area contributed by atoms with Crippen molar-refractivity contribution in [1.82, 2.24) is 0 Å². The predicted molar refractivity (Wildman–Crippen MR) is 8.25 cm³/mol. The van der Waals surface area contributed by atoms with E-state index in [1.807, 2.05) is 0 Å². The zero-order chi connectivity index (χ0) is 5.21. The summed E-state index contributed by atoms with van der Waals surface area (Å²) < 4.78 is 40.4. The topological polar surface area (TPSA) is 9.23 Å². The SMILES string of the molecule is FOC(F)(F)F. The molecule has 0 aromatic heterocycles. The van der Waals surface area contributed by atoms with Crippen LogP contribution in [-0.4, -0.2) is 6.36 Å². The Kier molecular flexibility index (Phi) is 1.34. The van der Waals surface area contributed by atoms with Gasteiger partial charge >= 0.3 is 6.36 Å². The molecule has 0 heterocycles. The molecule has 0 bridgehead atoms. The first kappa shape index (κ1) is 5.68. The fourth-order valence-electron chi connectivity index (χ4n) is 0. The molecule has 38 valence electrons. The summed E-state index contributed by atoms with van der Waals surface area (Å²) in [5, 5.41) is 0. The molecule has 0 aliphatic carbocycles. The van der Waals surface area contributed by atoms with Gasteiger partial charge in [-0.1, -0.05) is 4.94 Å². The second kappa shape index (κ2) is 1.42. The minimum Gasteiger partial charge on any atom is -0.142 e. The fourth-order valence-corrected chi connectivity index (χ4v) is 0. The van der Waals surface area contributed by atoms with Crippen molar-refractivity contribution in [1.29, 1.82) is 0 Å². The quantitative estimate of drug-likeness (QED) is 0.422. The van der Waals surface area contributed by atoms with Gasteiger partial charge in [0, 0.05) is 0 Å². The number of hydrogen-bond donors (Lipinski definition) is 0. The van der Waals surface area contributed by atoms with E-state index in [4.69, 9.17) is 0 Å². The summed E-state index contributed by atoms with van der Waals surface area (Å²) in [5.74, 6) is 0. The number of halogens is 4. The molecule has 0 N–H and O–H groups in total. The third-order valence-corrected chi connectivity index (χ3v) is 0.0875. The van der Waals surface area contributed by atoms with Crippen molar-refractivity contribution >= 4 is 0 Å². The van der Waals surface area contributed by atoms with Crippen molar-refractivity contribution in [3.05, 3.63) is 0 Å². The Morgan fingerprint density at radius 1 is 1.17 bits per heavy atom. The van der Waals surface area contributed by atoms with E-state index in [9.17, 15) is 17.7 Å². The summed E-state index contributed by atoms with van der Waals surface area (Å²) in [6.45, 7) is 0. The van der Waals surface area contributed by atoms with Gasteiger partial charge in [0.1, 0.15) is 0 Å². The van der Waals surface area contributed by atoms with Crippen molar-refractivity contribution in [2.75, 3.05) is 0 Å². The summed E-state index contributed by atoms with van der Waals surface area (Å²) in [6, 6.07) is 0. The van der Waals surface area contributed by atoms with Crippen LogP contribution >= 0.6 is 0 Å². The molecule has 0 atom stereocenters. The summed E-state index contributed by atoms with van der Waals surface area (Å²) in [4.78, 5) is 1.44. The molecule has 0 spiro atoms. The molecular weight excluding hydrogens is 104 g/mol. The van der Waals surface area contributed by atoms with Crippen molar-refractivity contribution in [2.45, 2.75) is 6.36 Å². The highest BCUT2D eigenvalue weighted by molar-refractivity contribution is 4.11. The third-order valence-electron chi connectivity index (χ3n) is 0.0875. The molecule has 5 heteroatoms. The highest BCUT2D eigenvalue weighted by atomic mass is 19.5. The van der Waals surface area contributed by atoms with Gasteiger partial charge in [-0.3, -0.25) is 0 Å².